The van der Waals surface area contributed by atoms with Gasteiger partial charge in [0.2, 0.25) is 5.91 Å². The summed E-state index contributed by atoms with van der Waals surface area (Å²) >= 11 is 7.69. The Morgan fingerprint density at radius 3 is 2.52 bits per heavy atom. The van der Waals surface area contributed by atoms with Crippen molar-refractivity contribution in [2.24, 2.45) is 0 Å². The molecule has 23 heavy (non-hydrogen) atoms. The Hall–Kier alpha value is -1.65. The first-order valence-electron chi connectivity index (χ1n) is 7.68. The number of thioether (sulfide) groups is 1. The minimum absolute atomic E-state index is 0.0873. The molecule has 2 aromatic rings. The predicted octanol–water partition coefficient (Wildman–Crippen LogP) is 4.44. The zero-order chi connectivity index (χ0) is 16.3. The third kappa shape index (κ3) is 6.97. The van der Waals surface area contributed by atoms with Gasteiger partial charge in [0.1, 0.15) is 0 Å². The quantitative estimate of drug-likeness (QED) is 0.520. The standard InChI is InChI=1S/C18H21ClN2OS/c19-16-9-4-5-10-17(16)23-14-11-18(22)21-13-6-12-20-15-7-2-1-3-8-15/h1-5,7-10,20H,6,11-14H2,(H,21,22). The zero-order valence-corrected chi connectivity index (χ0v) is 14.5. The van der Waals surface area contributed by atoms with E-state index in [1.807, 2.05) is 54.6 Å². The van der Waals surface area contributed by atoms with Gasteiger partial charge in [-0.2, -0.15) is 0 Å². The maximum atomic E-state index is 11.8. The summed E-state index contributed by atoms with van der Waals surface area (Å²) < 4.78 is 0. The Morgan fingerprint density at radius 1 is 1.00 bits per heavy atom. The van der Waals surface area contributed by atoms with Crippen molar-refractivity contribution in [3.63, 3.8) is 0 Å². The Morgan fingerprint density at radius 2 is 1.74 bits per heavy atom. The first-order chi connectivity index (χ1) is 11.3. The number of hydrogen-bond donors (Lipinski definition) is 2. The van der Waals surface area contributed by atoms with E-state index in [1.54, 1.807) is 11.8 Å². The van der Waals surface area contributed by atoms with E-state index in [0.717, 1.165) is 34.3 Å². The van der Waals surface area contributed by atoms with Gasteiger partial charge in [0.05, 0.1) is 5.02 Å². The molecule has 0 bridgehead atoms. The molecule has 2 aromatic carbocycles. The third-order valence-corrected chi connectivity index (χ3v) is 4.72. The number of nitrogens with one attached hydrogen (secondary N) is 2. The molecule has 2 N–H and O–H groups in total. The molecule has 1 amide bonds. The van der Waals surface area contributed by atoms with Gasteiger partial charge in [-0.05, 0) is 30.7 Å². The molecule has 5 heteroatoms. The molecule has 0 aliphatic heterocycles. The highest BCUT2D eigenvalue weighted by Crippen LogP contribution is 2.26. The highest BCUT2D eigenvalue weighted by atomic mass is 35.5. The van der Waals surface area contributed by atoms with Gasteiger partial charge in [-0.15, -0.1) is 11.8 Å². The van der Waals surface area contributed by atoms with E-state index in [1.165, 1.54) is 0 Å². The fraction of sp³-hybridized carbons (Fsp3) is 0.278. The highest BCUT2D eigenvalue weighted by molar-refractivity contribution is 7.99. The fourth-order valence-electron chi connectivity index (χ4n) is 2.01. The van der Waals surface area contributed by atoms with Gasteiger partial charge in [-0.1, -0.05) is 41.9 Å². The van der Waals surface area contributed by atoms with E-state index >= 15 is 0 Å². The van der Waals surface area contributed by atoms with E-state index in [2.05, 4.69) is 10.6 Å². The average Bonchev–Trinajstić information content (AvgIpc) is 2.57. The molecule has 0 spiro atoms. The summed E-state index contributed by atoms with van der Waals surface area (Å²) in [5.74, 6) is 0.821. The summed E-state index contributed by atoms with van der Waals surface area (Å²) in [5, 5.41) is 7.00. The summed E-state index contributed by atoms with van der Waals surface area (Å²) in [6.07, 6.45) is 1.40. The van der Waals surface area contributed by atoms with Crippen LogP contribution in [0, 0.1) is 0 Å². The number of benzene rings is 2. The minimum Gasteiger partial charge on any atom is -0.385 e. The van der Waals surface area contributed by atoms with Gasteiger partial charge < -0.3 is 10.6 Å². The Balaban J connectivity index is 1.53. The maximum Gasteiger partial charge on any atom is 0.220 e. The summed E-state index contributed by atoms with van der Waals surface area (Å²) in [6.45, 7) is 1.54. The molecule has 0 aliphatic carbocycles. The Bertz CT molecular complexity index is 607. The summed E-state index contributed by atoms with van der Waals surface area (Å²) in [7, 11) is 0. The molecule has 0 heterocycles. The van der Waals surface area contributed by atoms with Crippen molar-refractivity contribution in [3.05, 3.63) is 59.6 Å². The van der Waals surface area contributed by atoms with Gasteiger partial charge in [-0.3, -0.25) is 4.79 Å². The van der Waals surface area contributed by atoms with Crippen LogP contribution in [0.2, 0.25) is 5.02 Å². The van der Waals surface area contributed by atoms with Gasteiger partial charge in [0, 0.05) is 35.8 Å². The molecule has 0 fully saturated rings. The molecule has 0 saturated carbocycles. The van der Waals surface area contributed by atoms with Crippen LogP contribution in [-0.4, -0.2) is 24.7 Å². The Kier molecular flexibility index (Phi) is 7.84. The first kappa shape index (κ1) is 17.7. The smallest absolute Gasteiger partial charge is 0.220 e. The van der Waals surface area contributed by atoms with Crippen molar-refractivity contribution in [2.45, 2.75) is 17.7 Å². The number of carbonyl (C=O) groups is 1. The number of halogens is 1. The maximum absolute atomic E-state index is 11.8. The summed E-state index contributed by atoms with van der Waals surface area (Å²) in [4.78, 5) is 12.8. The number of carbonyl (C=O) groups excluding carboxylic acids is 1. The largest absolute Gasteiger partial charge is 0.385 e. The SMILES string of the molecule is O=C(CCSc1ccccc1Cl)NCCCNc1ccccc1. The van der Waals surface area contributed by atoms with E-state index in [-0.39, 0.29) is 5.91 Å². The lowest BCUT2D eigenvalue weighted by atomic mass is 10.3. The highest BCUT2D eigenvalue weighted by Gasteiger charge is 2.03. The van der Waals surface area contributed by atoms with Crippen LogP contribution in [0.5, 0.6) is 0 Å². The third-order valence-electron chi connectivity index (χ3n) is 3.20. The van der Waals surface area contributed by atoms with Crippen LogP contribution in [-0.2, 0) is 4.79 Å². The zero-order valence-electron chi connectivity index (χ0n) is 12.9. The normalized spacial score (nSPS) is 10.3. The minimum atomic E-state index is 0.0873. The number of rotatable bonds is 9. The van der Waals surface area contributed by atoms with Crippen molar-refractivity contribution in [3.8, 4) is 0 Å². The molecule has 0 radical (unpaired) electrons. The van der Waals surface area contributed by atoms with Crippen LogP contribution in [0.3, 0.4) is 0 Å². The van der Waals surface area contributed by atoms with Gasteiger partial charge in [-0.25, -0.2) is 0 Å². The molecule has 122 valence electrons. The lowest BCUT2D eigenvalue weighted by molar-refractivity contribution is -0.120. The van der Waals surface area contributed by atoms with Crippen LogP contribution < -0.4 is 10.6 Å². The average molecular weight is 349 g/mol. The van der Waals surface area contributed by atoms with E-state index in [4.69, 9.17) is 11.6 Å². The van der Waals surface area contributed by atoms with Crippen LogP contribution >= 0.6 is 23.4 Å². The second-order valence-electron chi connectivity index (χ2n) is 5.03. The lowest BCUT2D eigenvalue weighted by Crippen LogP contribution is -2.26. The van der Waals surface area contributed by atoms with Crippen LogP contribution in [0.25, 0.3) is 0 Å². The topological polar surface area (TPSA) is 41.1 Å². The van der Waals surface area contributed by atoms with Gasteiger partial charge in [0.15, 0.2) is 0 Å². The summed E-state index contributed by atoms with van der Waals surface area (Å²) in [6, 6.07) is 17.8. The molecular weight excluding hydrogens is 328 g/mol. The molecule has 0 unspecified atom stereocenters. The number of amides is 1. The predicted molar refractivity (Wildman–Crippen MR) is 99.4 cm³/mol. The van der Waals surface area contributed by atoms with Gasteiger partial charge in [0.25, 0.3) is 0 Å². The number of hydrogen-bond acceptors (Lipinski definition) is 3. The van der Waals surface area contributed by atoms with Crippen molar-refractivity contribution in [1.82, 2.24) is 5.32 Å². The van der Waals surface area contributed by atoms with E-state index in [0.29, 0.717) is 13.0 Å². The molecule has 3 nitrogen and oxygen atoms in total. The second-order valence-corrected chi connectivity index (χ2v) is 6.57. The van der Waals surface area contributed by atoms with E-state index in [9.17, 15) is 4.79 Å². The van der Waals surface area contributed by atoms with Crippen molar-refractivity contribution < 1.29 is 4.79 Å². The first-order valence-corrected chi connectivity index (χ1v) is 9.05. The number of para-hydroxylation sites is 1. The monoisotopic (exact) mass is 348 g/mol. The van der Waals surface area contributed by atoms with Crippen molar-refractivity contribution in [1.29, 1.82) is 0 Å². The van der Waals surface area contributed by atoms with Crippen molar-refractivity contribution >= 4 is 35.0 Å². The Labute approximate surface area is 146 Å². The number of anilines is 1. The lowest BCUT2D eigenvalue weighted by Gasteiger charge is -2.08. The summed E-state index contributed by atoms with van der Waals surface area (Å²) in [5.41, 5.74) is 1.11. The van der Waals surface area contributed by atoms with Crippen LogP contribution in [0.1, 0.15) is 12.8 Å². The molecule has 0 saturated heterocycles. The molecular formula is C18H21ClN2OS. The molecule has 2 rings (SSSR count). The van der Waals surface area contributed by atoms with Crippen molar-refractivity contribution in [2.75, 3.05) is 24.2 Å². The van der Waals surface area contributed by atoms with Gasteiger partial charge >= 0.3 is 0 Å². The van der Waals surface area contributed by atoms with E-state index < -0.39 is 0 Å². The van der Waals surface area contributed by atoms with Crippen LogP contribution in [0.15, 0.2) is 59.5 Å². The molecule has 0 aromatic heterocycles. The molecule has 0 aliphatic rings. The van der Waals surface area contributed by atoms with Crippen LogP contribution in [0.4, 0.5) is 5.69 Å². The molecule has 0 atom stereocenters. The fourth-order valence-corrected chi connectivity index (χ4v) is 3.20. The second kappa shape index (κ2) is 10.2.